The van der Waals surface area contributed by atoms with Crippen molar-refractivity contribution >= 4 is 44.6 Å². The molecule has 2 aliphatic heterocycles. The van der Waals surface area contributed by atoms with Crippen LogP contribution in [0.4, 0.5) is 17.5 Å². The van der Waals surface area contributed by atoms with E-state index >= 15 is 0 Å². The van der Waals surface area contributed by atoms with Gasteiger partial charge in [0, 0.05) is 42.8 Å². The van der Waals surface area contributed by atoms with Gasteiger partial charge >= 0.3 is 0 Å². The van der Waals surface area contributed by atoms with Crippen LogP contribution in [0.2, 0.25) is 0 Å². The molecular formula is C20H24BrN5O2S. The molecule has 0 radical (unpaired) electrons. The lowest BCUT2D eigenvalue weighted by atomic mass is 10.2. The van der Waals surface area contributed by atoms with Crippen molar-refractivity contribution in [3.63, 3.8) is 0 Å². The van der Waals surface area contributed by atoms with Crippen molar-refractivity contribution in [3.05, 3.63) is 34.4 Å². The van der Waals surface area contributed by atoms with E-state index in [4.69, 9.17) is 9.97 Å². The Kier molecular flexibility index (Phi) is 5.09. The number of halogens is 1. The predicted molar refractivity (Wildman–Crippen MR) is 118 cm³/mol. The highest BCUT2D eigenvalue weighted by Crippen LogP contribution is 2.41. The third kappa shape index (κ3) is 3.81. The zero-order valence-corrected chi connectivity index (χ0v) is 18.5. The molecule has 1 saturated carbocycles. The summed E-state index contributed by atoms with van der Waals surface area (Å²) in [5, 5.41) is 13.1. The maximum absolute atomic E-state index is 12.5. The molecule has 2 aromatic rings. The largest absolute Gasteiger partial charge is 0.611 e. The number of piperazine rings is 1. The maximum Gasteiger partial charge on any atom is 0.228 e. The van der Waals surface area contributed by atoms with Crippen LogP contribution in [0.1, 0.15) is 18.5 Å². The van der Waals surface area contributed by atoms with E-state index in [9.17, 15) is 9.66 Å². The van der Waals surface area contributed by atoms with Gasteiger partial charge in [0.25, 0.3) is 0 Å². The van der Waals surface area contributed by atoms with Gasteiger partial charge in [0.1, 0.15) is 11.4 Å². The lowest BCUT2D eigenvalue weighted by Gasteiger charge is -2.36. The molecule has 29 heavy (non-hydrogen) atoms. The SMILES string of the molecule is [O-][S+]1CCc2nc(N3CCN(c4ccc(Br)cc4)CC3)nc(NC3(CO)CC3)c21. The van der Waals surface area contributed by atoms with Crippen LogP contribution in [0.25, 0.3) is 0 Å². The summed E-state index contributed by atoms with van der Waals surface area (Å²) in [5.74, 6) is 1.96. The standard InChI is InChI=1S/C20H24BrN5O2S/c21-14-1-3-15(4-2-14)25-8-10-26(11-9-25)19-22-16-5-12-29(28)17(16)18(23-19)24-20(13-27)6-7-20/h1-4,27H,5-13H2,(H,22,23,24). The summed E-state index contributed by atoms with van der Waals surface area (Å²) in [6, 6.07) is 8.40. The number of aryl methyl sites for hydroxylation is 1. The average Bonchev–Trinajstić information content (AvgIpc) is 3.42. The van der Waals surface area contributed by atoms with Gasteiger partial charge in [-0.25, -0.2) is 4.98 Å². The number of fused-ring (bicyclic) bond motifs is 1. The highest BCUT2D eigenvalue weighted by atomic mass is 79.9. The van der Waals surface area contributed by atoms with Crippen molar-refractivity contribution in [1.82, 2.24) is 9.97 Å². The quantitative estimate of drug-likeness (QED) is 0.637. The predicted octanol–water partition coefficient (Wildman–Crippen LogP) is 2.17. The molecule has 0 amide bonds. The Bertz CT molecular complexity index is 900. The molecule has 1 aliphatic carbocycles. The molecule has 9 heteroatoms. The number of aliphatic hydroxyl groups is 1. The lowest BCUT2D eigenvalue weighted by Crippen LogP contribution is -2.47. The van der Waals surface area contributed by atoms with Crippen LogP contribution in [-0.4, -0.2) is 63.7 Å². The van der Waals surface area contributed by atoms with Crippen LogP contribution in [0, 0.1) is 0 Å². The van der Waals surface area contributed by atoms with E-state index in [0.717, 1.165) is 60.5 Å². The summed E-state index contributed by atoms with van der Waals surface area (Å²) >= 11 is 2.42. The van der Waals surface area contributed by atoms with Gasteiger partial charge in [0.05, 0.1) is 12.1 Å². The zero-order chi connectivity index (χ0) is 20.0. The molecule has 0 spiro atoms. The lowest BCUT2D eigenvalue weighted by molar-refractivity contribution is 0.265. The summed E-state index contributed by atoms with van der Waals surface area (Å²) in [6.45, 7) is 3.54. The van der Waals surface area contributed by atoms with Gasteiger partial charge in [-0.05, 0) is 48.3 Å². The van der Waals surface area contributed by atoms with Gasteiger partial charge < -0.3 is 24.8 Å². The molecular weight excluding hydrogens is 454 g/mol. The number of nitrogens with zero attached hydrogens (tertiary/aromatic N) is 4. The number of anilines is 3. The summed E-state index contributed by atoms with van der Waals surface area (Å²) in [7, 11) is 0. The van der Waals surface area contributed by atoms with E-state index in [-0.39, 0.29) is 12.1 Å². The van der Waals surface area contributed by atoms with Gasteiger partial charge in [-0.15, -0.1) is 0 Å². The third-order valence-corrected chi connectivity index (χ3v) is 7.96. The molecule has 3 aliphatic rings. The van der Waals surface area contributed by atoms with Gasteiger partial charge in [0.2, 0.25) is 10.8 Å². The Morgan fingerprint density at radius 1 is 1.10 bits per heavy atom. The minimum atomic E-state index is -1.06. The maximum atomic E-state index is 12.5. The van der Waals surface area contributed by atoms with Gasteiger partial charge in [-0.2, -0.15) is 4.98 Å². The Labute approximate surface area is 181 Å². The fourth-order valence-corrected chi connectivity index (χ4v) is 5.52. The van der Waals surface area contributed by atoms with Gasteiger partial charge in [-0.3, -0.25) is 0 Å². The second-order valence-electron chi connectivity index (χ2n) is 7.96. The van der Waals surface area contributed by atoms with Gasteiger partial charge in [0.15, 0.2) is 5.82 Å². The Morgan fingerprint density at radius 2 is 1.79 bits per heavy atom. The number of aromatic nitrogens is 2. The van der Waals surface area contributed by atoms with Crippen LogP contribution in [0.3, 0.4) is 0 Å². The van der Waals surface area contributed by atoms with Crippen molar-refractivity contribution in [1.29, 1.82) is 0 Å². The molecule has 1 atom stereocenters. The first-order valence-electron chi connectivity index (χ1n) is 10.0. The molecule has 154 valence electrons. The first kappa shape index (κ1) is 19.4. The monoisotopic (exact) mass is 477 g/mol. The average molecular weight is 478 g/mol. The molecule has 5 rings (SSSR count). The van der Waals surface area contributed by atoms with Crippen LogP contribution < -0.4 is 15.1 Å². The van der Waals surface area contributed by atoms with E-state index in [1.807, 2.05) is 0 Å². The summed E-state index contributed by atoms with van der Waals surface area (Å²) < 4.78 is 13.6. The molecule has 1 saturated heterocycles. The van der Waals surface area contributed by atoms with E-state index in [2.05, 4.69) is 55.3 Å². The normalized spacial score (nSPS) is 22.5. The van der Waals surface area contributed by atoms with Gasteiger partial charge in [-0.1, -0.05) is 15.9 Å². The minimum Gasteiger partial charge on any atom is -0.611 e. The molecule has 1 aromatic carbocycles. The second kappa shape index (κ2) is 7.61. The smallest absolute Gasteiger partial charge is 0.228 e. The van der Waals surface area contributed by atoms with E-state index < -0.39 is 11.2 Å². The molecule has 0 bridgehead atoms. The van der Waals surface area contributed by atoms with E-state index in [0.29, 0.717) is 17.5 Å². The number of benzene rings is 1. The Hall–Kier alpha value is -1.55. The first-order chi connectivity index (χ1) is 14.1. The molecule has 2 N–H and O–H groups in total. The van der Waals surface area contributed by atoms with Crippen LogP contribution in [-0.2, 0) is 17.6 Å². The molecule has 2 fully saturated rings. The highest BCUT2D eigenvalue weighted by molar-refractivity contribution is 9.10. The topological polar surface area (TPSA) is 87.6 Å². The molecule has 3 heterocycles. The fourth-order valence-electron chi connectivity index (χ4n) is 3.95. The molecule has 7 nitrogen and oxygen atoms in total. The second-order valence-corrected chi connectivity index (χ2v) is 10.4. The van der Waals surface area contributed by atoms with Crippen LogP contribution in [0.15, 0.2) is 33.6 Å². The van der Waals surface area contributed by atoms with Crippen molar-refractivity contribution < 1.29 is 9.66 Å². The van der Waals surface area contributed by atoms with Crippen LogP contribution in [0.5, 0.6) is 0 Å². The molecule has 1 aromatic heterocycles. The summed E-state index contributed by atoms with van der Waals surface area (Å²) in [4.78, 5) is 14.9. The third-order valence-electron chi connectivity index (χ3n) is 5.97. The number of nitrogens with one attached hydrogen (secondary N) is 1. The van der Waals surface area contributed by atoms with E-state index in [1.165, 1.54) is 5.69 Å². The van der Waals surface area contributed by atoms with Crippen molar-refractivity contribution in [2.45, 2.75) is 29.7 Å². The summed E-state index contributed by atoms with van der Waals surface area (Å²) in [6.07, 6.45) is 2.54. The Balaban J connectivity index is 1.36. The summed E-state index contributed by atoms with van der Waals surface area (Å²) in [5.41, 5.74) is 1.81. The Morgan fingerprint density at radius 3 is 2.45 bits per heavy atom. The molecule has 1 unspecified atom stereocenters. The number of rotatable bonds is 5. The minimum absolute atomic E-state index is 0.0691. The number of hydrogen-bond donors (Lipinski definition) is 2. The van der Waals surface area contributed by atoms with Crippen LogP contribution >= 0.6 is 15.9 Å². The van der Waals surface area contributed by atoms with Crippen molar-refractivity contribution in [2.75, 3.05) is 53.7 Å². The highest BCUT2D eigenvalue weighted by Gasteiger charge is 2.45. The number of aliphatic hydroxyl groups excluding tert-OH is 1. The van der Waals surface area contributed by atoms with Crippen molar-refractivity contribution in [2.24, 2.45) is 0 Å². The van der Waals surface area contributed by atoms with Crippen molar-refractivity contribution in [3.8, 4) is 0 Å². The zero-order valence-electron chi connectivity index (χ0n) is 16.1. The number of hydrogen-bond acceptors (Lipinski definition) is 7. The van der Waals surface area contributed by atoms with E-state index in [1.54, 1.807) is 0 Å². The first-order valence-corrected chi connectivity index (χ1v) is 12.1. The fraction of sp³-hybridized carbons (Fsp3) is 0.500.